The molecule has 0 heterocycles. The molecule has 5 nitrogen and oxygen atoms in total. The highest BCUT2D eigenvalue weighted by molar-refractivity contribution is 7.89. The summed E-state index contributed by atoms with van der Waals surface area (Å²) in [6, 6.07) is 13.8. The van der Waals surface area contributed by atoms with Crippen molar-refractivity contribution in [3.63, 3.8) is 0 Å². The van der Waals surface area contributed by atoms with Gasteiger partial charge in [0, 0.05) is 18.7 Å². The van der Waals surface area contributed by atoms with Crippen LogP contribution in [0.25, 0.3) is 0 Å². The van der Waals surface area contributed by atoms with Gasteiger partial charge in [-0.3, -0.25) is 4.79 Å². The van der Waals surface area contributed by atoms with E-state index in [2.05, 4.69) is 10.0 Å². The van der Waals surface area contributed by atoms with E-state index < -0.39 is 10.0 Å². The van der Waals surface area contributed by atoms with Crippen LogP contribution in [0.4, 0.5) is 0 Å². The summed E-state index contributed by atoms with van der Waals surface area (Å²) in [6.45, 7) is 4.47. The number of carbonyl (C=O) groups excluding carboxylic acids is 1. The largest absolute Gasteiger partial charge is 0.348 e. The highest BCUT2D eigenvalue weighted by atomic mass is 32.2. The Morgan fingerprint density at radius 2 is 1.61 bits per heavy atom. The number of hydrogen-bond acceptors (Lipinski definition) is 3. The zero-order valence-corrected chi connectivity index (χ0v) is 14.0. The van der Waals surface area contributed by atoms with Crippen LogP contribution in [0, 0.1) is 6.92 Å². The van der Waals surface area contributed by atoms with Crippen LogP contribution in [0.2, 0.25) is 0 Å². The molecule has 0 radical (unpaired) electrons. The zero-order chi connectivity index (χ0) is 16.9. The highest BCUT2D eigenvalue weighted by Gasteiger charge is 2.13. The Morgan fingerprint density at radius 3 is 2.17 bits per heavy atom. The van der Waals surface area contributed by atoms with E-state index in [9.17, 15) is 13.2 Å². The maximum Gasteiger partial charge on any atom is 0.251 e. The van der Waals surface area contributed by atoms with E-state index in [0.29, 0.717) is 18.7 Å². The number of sulfonamides is 1. The van der Waals surface area contributed by atoms with Crippen LogP contribution in [-0.4, -0.2) is 20.9 Å². The molecule has 0 unspecified atom stereocenters. The van der Waals surface area contributed by atoms with Gasteiger partial charge >= 0.3 is 0 Å². The molecule has 0 spiro atoms. The van der Waals surface area contributed by atoms with E-state index in [1.54, 1.807) is 6.92 Å². The van der Waals surface area contributed by atoms with Crippen molar-refractivity contribution in [3.05, 3.63) is 65.2 Å². The molecule has 0 saturated heterocycles. The van der Waals surface area contributed by atoms with Crippen LogP contribution in [0.5, 0.6) is 0 Å². The number of amides is 1. The standard InChI is InChI=1S/C17H20N2O3S/c1-3-19-23(21,22)16-10-8-15(9-11-16)17(20)18-12-14-6-4-13(2)5-7-14/h4-11,19H,3,12H2,1-2H3,(H,18,20). The van der Waals surface area contributed by atoms with Crippen molar-refractivity contribution in [3.8, 4) is 0 Å². The van der Waals surface area contributed by atoms with Gasteiger partial charge in [-0.1, -0.05) is 36.8 Å². The Hall–Kier alpha value is -2.18. The van der Waals surface area contributed by atoms with Crippen molar-refractivity contribution < 1.29 is 13.2 Å². The number of aryl methyl sites for hydroxylation is 1. The van der Waals surface area contributed by atoms with Crippen LogP contribution in [0.1, 0.15) is 28.4 Å². The molecular weight excluding hydrogens is 312 g/mol. The van der Waals surface area contributed by atoms with Crippen molar-refractivity contribution in [1.29, 1.82) is 0 Å². The number of rotatable bonds is 6. The Morgan fingerprint density at radius 1 is 1.00 bits per heavy atom. The molecule has 2 aromatic carbocycles. The number of hydrogen-bond donors (Lipinski definition) is 2. The second-order valence-electron chi connectivity index (χ2n) is 5.19. The summed E-state index contributed by atoms with van der Waals surface area (Å²) >= 11 is 0. The molecule has 0 atom stereocenters. The maximum absolute atomic E-state index is 12.1. The van der Waals surface area contributed by atoms with Gasteiger partial charge in [-0.25, -0.2) is 13.1 Å². The molecule has 0 fully saturated rings. The first kappa shape index (κ1) is 17.2. The van der Waals surface area contributed by atoms with Gasteiger partial charge < -0.3 is 5.32 Å². The average molecular weight is 332 g/mol. The summed E-state index contributed by atoms with van der Waals surface area (Å²) in [5.74, 6) is -0.238. The Kier molecular flexibility index (Phi) is 5.52. The van der Waals surface area contributed by atoms with Crippen molar-refractivity contribution in [2.75, 3.05) is 6.54 Å². The molecule has 0 aromatic heterocycles. The number of carbonyl (C=O) groups is 1. The van der Waals surface area contributed by atoms with E-state index >= 15 is 0 Å². The zero-order valence-electron chi connectivity index (χ0n) is 13.2. The maximum atomic E-state index is 12.1. The molecular formula is C17H20N2O3S. The first-order valence-electron chi connectivity index (χ1n) is 7.36. The van der Waals surface area contributed by atoms with Crippen molar-refractivity contribution in [1.82, 2.24) is 10.0 Å². The van der Waals surface area contributed by atoms with E-state index in [-0.39, 0.29) is 10.8 Å². The van der Waals surface area contributed by atoms with Crippen LogP contribution >= 0.6 is 0 Å². The third-order valence-electron chi connectivity index (χ3n) is 3.33. The summed E-state index contributed by atoms with van der Waals surface area (Å²) in [5, 5.41) is 2.81. The first-order chi connectivity index (χ1) is 10.9. The molecule has 2 N–H and O–H groups in total. The molecule has 122 valence electrons. The van der Waals surface area contributed by atoms with Crippen molar-refractivity contribution in [2.45, 2.75) is 25.3 Å². The van der Waals surface area contributed by atoms with Gasteiger partial charge in [0.15, 0.2) is 0 Å². The molecule has 23 heavy (non-hydrogen) atoms. The first-order valence-corrected chi connectivity index (χ1v) is 8.84. The predicted molar refractivity (Wildman–Crippen MR) is 89.7 cm³/mol. The Labute approximate surface area is 136 Å². The fourth-order valence-corrected chi connectivity index (χ4v) is 3.09. The molecule has 1 amide bonds. The molecule has 0 saturated carbocycles. The quantitative estimate of drug-likeness (QED) is 0.852. The molecule has 0 aliphatic rings. The predicted octanol–water partition coefficient (Wildman–Crippen LogP) is 2.22. The van der Waals surface area contributed by atoms with Gasteiger partial charge in [-0.2, -0.15) is 0 Å². The van der Waals surface area contributed by atoms with E-state index in [0.717, 1.165) is 11.1 Å². The minimum absolute atomic E-state index is 0.148. The summed E-state index contributed by atoms with van der Waals surface area (Å²) < 4.78 is 26.1. The van der Waals surface area contributed by atoms with Gasteiger partial charge in [0.2, 0.25) is 10.0 Å². The summed E-state index contributed by atoms with van der Waals surface area (Å²) in [4.78, 5) is 12.2. The third-order valence-corrected chi connectivity index (χ3v) is 4.90. The van der Waals surface area contributed by atoms with E-state index in [1.165, 1.54) is 24.3 Å². The van der Waals surface area contributed by atoms with Gasteiger partial charge in [-0.15, -0.1) is 0 Å². The molecule has 0 aliphatic heterocycles. The second-order valence-corrected chi connectivity index (χ2v) is 6.96. The normalized spacial score (nSPS) is 11.2. The Balaban J connectivity index is 2.01. The third kappa shape index (κ3) is 4.64. The Bertz CT molecular complexity index is 766. The lowest BCUT2D eigenvalue weighted by Gasteiger charge is -2.07. The van der Waals surface area contributed by atoms with Crippen LogP contribution in [-0.2, 0) is 16.6 Å². The van der Waals surface area contributed by atoms with Gasteiger partial charge in [0.1, 0.15) is 0 Å². The lowest BCUT2D eigenvalue weighted by molar-refractivity contribution is 0.0951. The summed E-state index contributed by atoms with van der Waals surface area (Å²) in [6.07, 6.45) is 0. The SMILES string of the molecule is CCNS(=O)(=O)c1ccc(C(=O)NCc2ccc(C)cc2)cc1. The van der Waals surface area contributed by atoms with E-state index in [4.69, 9.17) is 0 Å². The van der Waals surface area contributed by atoms with E-state index in [1.807, 2.05) is 31.2 Å². The molecule has 0 bridgehead atoms. The number of benzene rings is 2. The highest BCUT2D eigenvalue weighted by Crippen LogP contribution is 2.11. The lowest BCUT2D eigenvalue weighted by atomic mass is 10.1. The van der Waals surface area contributed by atoms with Crippen LogP contribution in [0.15, 0.2) is 53.4 Å². The minimum Gasteiger partial charge on any atom is -0.348 e. The summed E-state index contributed by atoms with van der Waals surface area (Å²) in [7, 11) is -3.49. The van der Waals surface area contributed by atoms with Crippen molar-refractivity contribution in [2.24, 2.45) is 0 Å². The summed E-state index contributed by atoms with van der Waals surface area (Å²) in [5.41, 5.74) is 2.60. The van der Waals surface area contributed by atoms with Crippen LogP contribution in [0.3, 0.4) is 0 Å². The fourth-order valence-electron chi connectivity index (χ4n) is 2.05. The molecule has 2 aromatic rings. The smallest absolute Gasteiger partial charge is 0.251 e. The molecule has 2 rings (SSSR count). The van der Waals surface area contributed by atoms with Crippen LogP contribution < -0.4 is 10.0 Å². The van der Waals surface area contributed by atoms with Gasteiger partial charge in [0.25, 0.3) is 5.91 Å². The van der Waals surface area contributed by atoms with Gasteiger partial charge in [-0.05, 0) is 36.8 Å². The lowest BCUT2D eigenvalue weighted by Crippen LogP contribution is -2.24. The van der Waals surface area contributed by atoms with Crippen molar-refractivity contribution >= 4 is 15.9 Å². The minimum atomic E-state index is -3.49. The molecule has 6 heteroatoms. The average Bonchev–Trinajstić information content (AvgIpc) is 2.54. The topological polar surface area (TPSA) is 75.3 Å². The second kappa shape index (κ2) is 7.39. The van der Waals surface area contributed by atoms with Gasteiger partial charge in [0.05, 0.1) is 4.90 Å². The molecule has 0 aliphatic carbocycles. The number of nitrogens with one attached hydrogen (secondary N) is 2. The fraction of sp³-hybridized carbons (Fsp3) is 0.235. The monoisotopic (exact) mass is 332 g/mol.